The molecule has 0 aliphatic rings. The predicted octanol–water partition coefficient (Wildman–Crippen LogP) is -1.27. The molecule has 0 aromatic heterocycles. The minimum atomic E-state index is 0. The first kappa shape index (κ1) is 15.7. The van der Waals surface area contributed by atoms with E-state index in [0.717, 1.165) is 0 Å². The van der Waals surface area contributed by atoms with Gasteiger partial charge in [0.05, 0.1) is 0 Å². The Morgan fingerprint density at radius 1 is 1.20 bits per heavy atom. The first-order valence-electron chi connectivity index (χ1n) is 0.408. The summed E-state index contributed by atoms with van der Waals surface area (Å²) in [5, 5.41) is 0. The van der Waals surface area contributed by atoms with Gasteiger partial charge in [-0.25, -0.2) is 0 Å². The average Bonchev–Trinajstić information content (AvgIpc) is 1.50. The van der Waals surface area contributed by atoms with Crippen molar-refractivity contribution in [2.24, 2.45) is 0 Å². The molecule has 0 unspecified atom stereocenters. The van der Waals surface area contributed by atoms with E-state index in [4.69, 9.17) is 5.89 Å². The van der Waals surface area contributed by atoms with Crippen LogP contribution in [0.25, 0.3) is 0 Å². The van der Waals surface area contributed by atoms with E-state index >= 15 is 0 Å². The van der Waals surface area contributed by atoms with Crippen LogP contribution >= 0.6 is 0 Å². The molecule has 2 nitrogen and oxygen atoms in total. The van der Waals surface area contributed by atoms with Crippen molar-refractivity contribution in [2.75, 3.05) is 0 Å². The van der Waals surface area contributed by atoms with Crippen molar-refractivity contribution in [3.63, 3.8) is 0 Å². The summed E-state index contributed by atoms with van der Waals surface area (Å²) in [5.41, 5.74) is 0. The van der Waals surface area contributed by atoms with Gasteiger partial charge in [-0.3, -0.25) is 0 Å². The van der Waals surface area contributed by atoms with E-state index in [9.17, 15) is 0 Å². The first-order valence-corrected chi connectivity index (χ1v) is 3.16. The third-order valence-electron chi connectivity index (χ3n) is 0. The Hall–Kier alpha value is 2.02. The molecular formula is HAgBiO2Sn. The van der Waals surface area contributed by atoms with Crippen molar-refractivity contribution < 1.29 is 28.3 Å². The second-order valence-electron chi connectivity index (χ2n) is 0. The molecule has 33 valence electrons. The molecule has 0 saturated heterocycles. The molecule has 0 aromatic rings. The molecular weight excluding hydrogens is 468 g/mol. The van der Waals surface area contributed by atoms with Crippen LogP contribution in [-0.2, 0) is 28.3 Å². The predicted molar refractivity (Wildman–Crippen MR) is 14.3 cm³/mol. The fraction of sp³-hybridized carbons (Fsp3) is 0. The second-order valence-corrected chi connectivity index (χ2v) is 0. The summed E-state index contributed by atoms with van der Waals surface area (Å²) in [6.07, 6.45) is 0. The Balaban J connectivity index is -0.0000000133. The Morgan fingerprint density at radius 3 is 1.20 bits per heavy atom. The van der Waals surface area contributed by atoms with E-state index in [0.29, 0.717) is 22.5 Å². The number of hydrogen-bond acceptors (Lipinski definition) is 2. The van der Waals surface area contributed by atoms with Gasteiger partial charge >= 0.3 is 53.1 Å². The molecule has 0 fully saturated rings. The average molecular weight is 469 g/mol. The third kappa shape index (κ3) is 23.8. The fourth-order valence-corrected chi connectivity index (χ4v) is 0. The third-order valence-corrected chi connectivity index (χ3v) is 0. The summed E-state index contributed by atoms with van der Waals surface area (Å²) in [5.74, 6) is 0. The molecule has 0 aliphatic heterocycles. The first-order chi connectivity index (χ1) is 2.00. The molecule has 5 heteroatoms. The standard InChI is InChI=1S/Ag.Bi.2O.Sn.H. The van der Waals surface area contributed by atoms with Gasteiger partial charge in [-0.2, -0.15) is 0 Å². The molecule has 0 bridgehead atoms. The van der Waals surface area contributed by atoms with Gasteiger partial charge in [-0.15, -0.1) is 0 Å². The minimum absolute atomic E-state index is 0. The van der Waals surface area contributed by atoms with Crippen molar-refractivity contribution in [3.05, 3.63) is 0 Å². The summed E-state index contributed by atoms with van der Waals surface area (Å²) in [7, 11) is 0. The summed E-state index contributed by atoms with van der Waals surface area (Å²) < 4.78 is 16.7. The van der Waals surface area contributed by atoms with Gasteiger partial charge in [0.15, 0.2) is 0 Å². The Kier molecular flexibility index (Phi) is 117. The zero-order chi connectivity index (χ0) is 4.00. The van der Waals surface area contributed by atoms with Crippen molar-refractivity contribution >= 4 is 47.2 Å². The molecule has 3 radical (unpaired) electrons. The number of rotatable bonds is 0. The normalized spacial score (nSPS) is 1.60. The van der Waals surface area contributed by atoms with Crippen LogP contribution < -0.4 is 0 Å². The Bertz CT molecular complexity index is 11.6. The summed E-state index contributed by atoms with van der Waals surface area (Å²) in [4.78, 5) is 0. The SMILES string of the molecule is [Ag].[O]=[BiH].[O]=[Sn]. The quantitative estimate of drug-likeness (QED) is 0.416. The van der Waals surface area contributed by atoms with E-state index < -0.39 is 0 Å². The molecule has 0 spiro atoms. The van der Waals surface area contributed by atoms with Crippen LogP contribution in [0.15, 0.2) is 0 Å². The molecule has 0 N–H and O–H groups in total. The topological polar surface area (TPSA) is 34.1 Å². The van der Waals surface area contributed by atoms with Crippen molar-refractivity contribution in [2.45, 2.75) is 0 Å². The zero-order valence-corrected chi connectivity index (χ0v) is 10.3. The fourth-order valence-electron chi connectivity index (χ4n) is 0. The molecule has 0 aliphatic carbocycles. The van der Waals surface area contributed by atoms with Gasteiger partial charge in [0.1, 0.15) is 0 Å². The van der Waals surface area contributed by atoms with E-state index in [1.54, 1.807) is 0 Å². The van der Waals surface area contributed by atoms with E-state index in [1.165, 1.54) is 0 Å². The van der Waals surface area contributed by atoms with Crippen LogP contribution in [0.1, 0.15) is 0 Å². The van der Waals surface area contributed by atoms with Crippen LogP contribution in [0.4, 0.5) is 0 Å². The monoisotopic (exact) mass is 469 g/mol. The van der Waals surface area contributed by atoms with Crippen LogP contribution in [-0.4, -0.2) is 47.2 Å². The zero-order valence-electron chi connectivity index (χ0n) is 2.12. The molecule has 0 heterocycles. The van der Waals surface area contributed by atoms with Gasteiger partial charge in [0.25, 0.3) is 0 Å². The van der Waals surface area contributed by atoms with Crippen LogP contribution in [0.3, 0.4) is 0 Å². The maximum absolute atomic E-state index is 8.39. The van der Waals surface area contributed by atoms with Crippen LogP contribution in [0.2, 0.25) is 0 Å². The van der Waals surface area contributed by atoms with Crippen LogP contribution in [0.5, 0.6) is 0 Å². The summed E-state index contributed by atoms with van der Waals surface area (Å²) in [6.45, 7) is 0. The van der Waals surface area contributed by atoms with Gasteiger partial charge in [0, 0.05) is 22.4 Å². The van der Waals surface area contributed by atoms with Gasteiger partial charge in [-0.1, -0.05) is 0 Å². The Labute approximate surface area is 74.4 Å². The van der Waals surface area contributed by atoms with Gasteiger partial charge in [0.2, 0.25) is 0 Å². The molecule has 0 amide bonds. The van der Waals surface area contributed by atoms with E-state index in [2.05, 4.69) is 0 Å². The van der Waals surface area contributed by atoms with E-state index in [-0.39, 0.29) is 47.1 Å². The molecule has 0 rings (SSSR count). The maximum atomic E-state index is 8.39. The molecule has 0 aromatic carbocycles. The molecule has 0 atom stereocenters. The van der Waals surface area contributed by atoms with E-state index in [1.807, 2.05) is 0 Å². The summed E-state index contributed by atoms with van der Waals surface area (Å²) >= 11 is 0.356. The second kappa shape index (κ2) is 37.1. The van der Waals surface area contributed by atoms with Gasteiger partial charge in [-0.05, 0) is 0 Å². The molecule has 0 saturated carbocycles. The summed E-state index contributed by atoms with van der Waals surface area (Å²) in [6, 6.07) is 0. The van der Waals surface area contributed by atoms with Crippen molar-refractivity contribution in [1.82, 2.24) is 0 Å². The Morgan fingerprint density at radius 2 is 1.20 bits per heavy atom. The molecule has 5 heavy (non-hydrogen) atoms. The van der Waals surface area contributed by atoms with Crippen LogP contribution in [0, 0.1) is 0 Å². The van der Waals surface area contributed by atoms with Crippen molar-refractivity contribution in [3.8, 4) is 0 Å². The van der Waals surface area contributed by atoms with Gasteiger partial charge < -0.3 is 0 Å². The number of hydrogen-bond donors (Lipinski definition) is 0. The van der Waals surface area contributed by atoms with Crippen molar-refractivity contribution in [1.29, 1.82) is 0 Å².